The molecule has 1 aromatic carbocycles. The van der Waals surface area contributed by atoms with Gasteiger partial charge in [-0.05, 0) is 19.7 Å². The third-order valence-electron chi connectivity index (χ3n) is 2.72. The van der Waals surface area contributed by atoms with Crippen molar-refractivity contribution in [2.24, 2.45) is 0 Å². The average Bonchev–Trinajstić information content (AvgIpc) is 2.92. The summed E-state index contributed by atoms with van der Waals surface area (Å²) < 4.78 is 0. The highest BCUT2D eigenvalue weighted by Crippen LogP contribution is 2.14. The summed E-state index contributed by atoms with van der Waals surface area (Å²) in [6.07, 6.45) is 0. The molecule has 2 rings (SSSR count). The van der Waals surface area contributed by atoms with E-state index in [1.54, 1.807) is 10.9 Å². The van der Waals surface area contributed by atoms with E-state index >= 15 is 0 Å². The van der Waals surface area contributed by atoms with Gasteiger partial charge in [-0.25, -0.2) is 4.98 Å². The fourth-order valence-electron chi connectivity index (χ4n) is 1.84. The first kappa shape index (κ1) is 13.7. The molecule has 0 aliphatic heterocycles. The van der Waals surface area contributed by atoms with E-state index in [9.17, 15) is 4.79 Å². The number of likely N-dealkylation sites (N-methyl/N-ethyl adjacent to an activating group) is 1. The molecule has 1 heterocycles. The molecule has 0 radical (unpaired) electrons. The average molecular weight is 275 g/mol. The van der Waals surface area contributed by atoms with Crippen molar-refractivity contribution < 1.29 is 4.79 Å². The summed E-state index contributed by atoms with van der Waals surface area (Å²) in [5.74, 6) is -0.128. The molecular weight excluding hydrogens is 258 g/mol. The number of hydrogen-bond donors (Lipinski definition) is 1. The van der Waals surface area contributed by atoms with Gasteiger partial charge in [-0.2, -0.15) is 0 Å². The smallest absolute Gasteiger partial charge is 0.271 e. The summed E-state index contributed by atoms with van der Waals surface area (Å²) in [7, 11) is 3.98. The van der Waals surface area contributed by atoms with Gasteiger partial charge >= 0.3 is 0 Å². The normalized spacial score (nSPS) is 12.4. The lowest BCUT2D eigenvalue weighted by molar-refractivity contribution is 0.0925. The van der Waals surface area contributed by atoms with E-state index in [4.69, 9.17) is 0 Å². The minimum absolute atomic E-state index is 0.0367. The zero-order chi connectivity index (χ0) is 13.7. The van der Waals surface area contributed by atoms with Gasteiger partial charge in [0.2, 0.25) is 0 Å². The Morgan fingerprint density at radius 1 is 1.37 bits per heavy atom. The number of benzene rings is 1. The maximum absolute atomic E-state index is 12.1. The van der Waals surface area contributed by atoms with Gasteiger partial charge in [-0.3, -0.25) is 4.79 Å². The van der Waals surface area contributed by atoms with Gasteiger partial charge in [0.05, 0.1) is 11.6 Å². The monoisotopic (exact) mass is 275 g/mol. The second-order valence-corrected chi connectivity index (χ2v) is 5.29. The number of thiazole rings is 1. The molecule has 2 aromatic rings. The van der Waals surface area contributed by atoms with Gasteiger partial charge in [-0.15, -0.1) is 11.3 Å². The topological polar surface area (TPSA) is 45.2 Å². The second kappa shape index (κ2) is 6.45. The Morgan fingerprint density at radius 3 is 2.68 bits per heavy atom. The van der Waals surface area contributed by atoms with Gasteiger partial charge in [-0.1, -0.05) is 30.3 Å². The molecule has 1 aromatic heterocycles. The standard InChI is InChI=1S/C14H17N3OS/c1-17(2)8-12(11-6-4-3-5-7-11)16-14(18)13-9-19-10-15-13/h3-7,9-10,12H,8H2,1-2H3,(H,16,18). The van der Waals surface area contributed by atoms with E-state index in [1.807, 2.05) is 44.4 Å². The number of aromatic nitrogens is 1. The van der Waals surface area contributed by atoms with Crippen molar-refractivity contribution in [1.29, 1.82) is 0 Å². The van der Waals surface area contributed by atoms with E-state index in [2.05, 4.69) is 15.2 Å². The van der Waals surface area contributed by atoms with Crippen molar-refractivity contribution in [2.75, 3.05) is 20.6 Å². The molecule has 19 heavy (non-hydrogen) atoms. The highest BCUT2D eigenvalue weighted by atomic mass is 32.1. The second-order valence-electron chi connectivity index (χ2n) is 4.57. The molecule has 0 saturated heterocycles. The van der Waals surface area contributed by atoms with Gasteiger partial charge in [0.1, 0.15) is 5.69 Å². The first-order valence-electron chi connectivity index (χ1n) is 6.05. The lowest BCUT2D eigenvalue weighted by Crippen LogP contribution is -2.35. The Bertz CT molecular complexity index is 511. The van der Waals surface area contributed by atoms with E-state index in [1.165, 1.54) is 11.3 Å². The molecule has 0 saturated carbocycles. The van der Waals surface area contributed by atoms with Crippen molar-refractivity contribution >= 4 is 17.2 Å². The quantitative estimate of drug-likeness (QED) is 0.909. The van der Waals surface area contributed by atoms with Gasteiger partial charge in [0.25, 0.3) is 5.91 Å². The van der Waals surface area contributed by atoms with E-state index < -0.39 is 0 Å². The number of hydrogen-bond acceptors (Lipinski definition) is 4. The van der Waals surface area contributed by atoms with Crippen molar-refractivity contribution in [3.05, 3.63) is 52.5 Å². The van der Waals surface area contributed by atoms with Gasteiger partial charge < -0.3 is 10.2 Å². The number of nitrogens with one attached hydrogen (secondary N) is 1. The maximum atomic E-state index is 12.1. The van der Waals surface area contributed by atoms with Crippen LogP contribution < -0.4 is 5.32 Å². The zero-order valence-electron chi connectivity index (χ0n) is 11.0. The summed E-state index contributed by atoms with van der Waals surface area (Å²) in [4.78, 5) is 18.2. The molecule has 5 heteroatoms. The molecule has 1 amide bonds. The van der Waals surface area contributed by atoms with Crippen molar-refractivity contribution in [3.63, 3.8) is 0 Å². The summed E-state index contributed by atoms with van der Waals surface area (Å²) in [6.45, 7) is 0.750. The molecule has 0 spiro atoms. The first-order valence-corrected chi connectivity index (χ1v) is 7.00. The SMILES string of the molecule is CN(C)CC(NC(=O)c1cscn1)c1ccccc1. The van der Waals surface area contributed by atoms with Crippen LogP contribution in [-0.2, 0) is 0 Å². The Balaban J connectivity index is 2.13. The van der Waals surface area contributed by atoms with Crippen LogP contribution in [0, 0.1) is 0 Å². The fraction of sp³-hybridized carbons (Fsp3) is 0.286. The maximum Gasteiger partial charge on any atom is 0.271 e. The Morgan fingerprint density at radius 2 is 2.11 bits per heavy atom. The predicted molar refractivity (Wildman–Crippen MR) is 77.3 cm³/mol. The molecule has 100 valence electrons. The van der Waals surface area contributed by atoms with Crippen LogP contribution in [0.15, 0.2) is 41.2 Å². The molecule has 1 unspecified atom stereocenters. The Labute approximate surface area is 117 Å². The lowest BCUT2D eigenvalue weighted by Gasteiger charge is -2.22. The van der Waals surface area contributed by atoms with Gasteiger partial charge in [0, 0.05) is 11.9 Å². The highest BCUT2D eigenvalue weighted by Gasteiger charge is 2.17. The molecule has 0 aliphatic rings. The highest BCUT2D eigenvalue weighted by molar-refractivity contribution is 7.07. The number of carbonyl (C=O) groups excluding carboxylic acids is 1. The van der Waals surface area contributed by atoms with Crippen molar-refractivity contribution in [1.82, 2.24) is 15.2 Å². The lowest BCUT2D eigenvalue weighted by atomic mass is 10.1. The molecule has 0 aliphatic carbocycles. The molecular formula is C14H17N3OS. The summed E-state index contributed by atoms with van der Waals surface area (Å²) >= 11 is 1.42. The summed E-state index contributed by atoms with van der Waals surface area (Å²) in [6, 6.07) is 9.94. The zero-order valence-corrected chi connectivity index (χ0v) is 11.9. The molecule has 1 atom stereocenters. The summed E-state index contributed by atoms with van der Waals surface area (Å²) in [5, 5.41) is 4.79. The van der Waals surface area contributed by atoms with Crippen LogP contribution in [0.4, 0.5) is 0 Å². The van der Waals surface area contributed by atoms with Crippen LogP contribution in [0.1, 0.15) is 22.1 Å². The fourth-order valence-corrected chi connectivity index (χ4v) is 2.37. The van der Waals surface area contributed by atoms with Crippen LogP contribution in [0.5, 0.6) is 0 Å². The van der Waals surface area contributed by atoms with Crippen LogP contribution >= 0.6 is 11.3 Å². The molecule has 1 N–H and O–H groups in total. The largest absolute Gasteiger partial charge is 0.343 e. The third-order valence-corrected chi connectivity index (χ3v) is 3.31. The van der Waals surface area contributed by atoms with Crippen LogP contribution in [0.2, 0.25) is 0 Å². The predicted octanol–water partition coefficient (Wildman–Crippen LogP) is 2.18. The van der Waals surface area contributed by atoms with Crippen LogP contribution in [0.25, 0.3) is 0 Å². The van der Waals surface area contributed by atoms with Gasteiger partial charge in [0.15, 0.2) is 0 Å². The first-order chi connectivity index (χ1) is 9.16. The Hall–Kier alpha value is -1.72. The third kappa shape index (κ3) is 3.87. The number of rotatable bonds is 5. The molecule has 4 nitrogen and oxygen atoms in total. The number of nitrogens with zero attached hydrogens (tertiary/aromatic N) is 2. The van der Waals surface area contributed by atoms with Crippen LogP contribution in [0.3, 0.4) is 0 Å². The summed E-state index contributed by atoms with van der Waals surface area (Å²) in [5.41, 5.74) is 3.24. The number of amides is 1. The molecule has 0 bridgehead atoms. The van der Waals surface area contributed by atoms with E-state index in [-0.39, 0.29) is 11.9 Å². The van der Waals surface area contributed by atoms with E-state index in [0.717, 1.165) is 12.1 Å². The minimum Gasteiger partial charge on any atom is -0.343 e. The minimum atomic E-state index is -0.128. The Kier molecular flexibility index (Phi) is 4.65. The number of carbonyl (C=O) groups is 1. The van der Waals surface area contributed by atoms with Crippen LogP contribution in [-0.4, -0.2) is 36.4 Å². The molecule has 0 fully saturated rings. The van der Waals surface area contributed by atoms with E-state index in [0.29, 0.717) is 5.69 Å². The van der Waals surface area contributed by atoms with Crippen molar-refractivity contribution in [2.45, 2.75) is 6.04 Å². The van der Waals surface area contributed by atoms with Crippen molar-refractivity contribution in [3.8, 4) is 0 Å².